The molecule has 156 valence electrons. The van der Waals surface area contributed by atoms with Crippen molar-refractivity contribution in [3.8, 4) is 0 Å². The van der Waals surface area contributed by atoms with Gasteiger partial charge in [-0.05, 0) is 31.6 Å². The Labute approximate surface area is 163 Å². The molecular formula is C19H35N3O4S. The highest BCUT2D eigenvalue weighted by molar-refractivity contribution is 7.91. The maximum absolute atomic E-state index is 12.8. The van der Waals surface area contributed by atoms with E-state index in [2.05, 4.69) is 16.0 Å². The third kappa shape index (κ3) is 8.07. The van der Waals surface area contributed by atoms with E-state index < -0.39 is 21.9 Å². The van der Waals surface area contributed by atoms with Gasteiger partial charge in [0.25, 0.3) is 0 Å². The molecular weight excluding hydrogens is 366 g/mol. The van der Waals surface area contributed by atoms with Gasteiger partial charge in [-0.1, -0.05) is 46.0 Å². The molecule has 2 fully saturated rings. The molecule has 0 aromatic rings. The molecule has 1 aliphatic heterocycles. The molecule has 7 nitrogen and oxygen atoms in total. The van der Waals surface area contributed by atoms with Crippen molar-refractivity contribution in [1.82, 2.24) is 16.0 Å². The first-order valence-electron chi connectivity index (χ1n) is 10.3. The van der Waals surface area contributed by atoms with Crippen LogP contribution in [-0.2, 0) is 14.6 Å². The van der Waals surface area contributed by atoms with Crippen LogP contribution in [0.5, 0.6) is 0 Å². The second-order valence-electron chi connectivity index (χ2n) is 8.45. The zero-order chi connectivity index (χ0) is 19.9. The molecule has 3 amide bonds. The van der Waals surface area contributed by atoms with E-state index in [1.165, 1.54) is 19.3 Å². The normalized spacial score (nSPS) is 24.6. The molecule has 0 bridgehead atoms. The van der Waals surface area contributed by atoms with Gasteiger partial charge in [-0.25, -0.2) is 13.2 Å². The van der Waals surface area contributed by atoms with Crippen molar-refractivity contribution < 1.29 is 18.0 Å². The smallest absolute Gasteiger partial charge is 0.315 e. The van der Waals surface area contributed by atoms with E-state index >= 15 is 0 Å². The molecule has 27 heavy (non-hydrogen) atoms. The molecule has 2 aliphatic rings. The number of rotatable bonds is 6. The molecule has 0 aromatic heterocycles. The predicted octanol–water partition coefficient (Wildman–Crippen LogP) is 2.12. The van der Waals surface area contributed by atoms with Gasteiger partial charge in [0.1, 0.15) is 6.04 Å². The molecule has 2 atom stereocenters. The number of amides is 3. The van der Waals surface area contributed by atoms with E-state index in [1.807, 2.05) is 13.8 Å². The zero-order valence-corrected chi connectivity index (χ0v) is 17.4. The number of hydrogen-bond acceptors (Lipinski definition) is 4. The fraction of sp³-hybridized carbons (Fsp3) is 0.895. The van der Waals surface area contributed by atoms with Crippen LogP contribution in [0.3, 0.4) is 0 Å². The van der Waals surface area contributed by atoms with Crippen molar-refractivity contribution in [2.24, 2.45) is 5.92 Å². The molecule has 0 aromatic carbocycles. The van der Waals surface area contributed by atoms with Gasteiger partial charge in [0.05, 0.1) is 11.5 Å². The fourth-order valence-corrected chi connectivity index (χ4v) is 5.57. The topological polar surface area (TPSA) is 104 Å². The van der Waals surface area contributed by atoms with Crippen LogP contribution in [-0.4, -0.2) is 50.0 Å². The highest BCUT2D eigenvalue weighted by atomic mass is 32.2. The Morgan fingerprint density at radius 2 is 1.56 bits per heavy atom. The maximum Gasteiger partial charge on any atom is 0.315 e. The number of urea groups is 1. The van der Waals surface area contributed by atoms with Crippen LogP contribution in [0.15, 0.2) is 0 Å². The van der Waals surface area contributed by atoms with Crippen LogP contribution in [0, 0.1) is 5.92 Å². The Morgan fingerprint density at radius 3 is 2.11 bits per heavy atom. The van der Waals surface area contributed by atoms with Crippen molar-refractivity contribution in [1.29, 1.82) is 0 Å². The van der Waals surface area contributed by atoms with E-state index in [1.54, 1.807) is 0 Å². The summed E-state index contributed by atoms with van der Waals surface area (Å²) in [5.74, 6) is 0.202. The summed E-state index contributed by atoms with van der Waals surface area (Å²) in [6, 6.07) is -1.26. The Kier molecular flexibility index (Phi) is 8.38. The summed E-state index contributed by atoms with van der Waals surface area (Å²) in [5.41, 5.74) is 0. The highest BCUT2D eigenvalue weighted by Crippen LogP contribution is 2.17. The monoisotopic (exact) mass is 401 g/mol. The van der Waals surface area contributed by atoms with Crippen LogP contribution in [0.4, 0.5) is 4.79 Å². The summed E-state index contributed by atoms with van der Waals surface area (Å²) in [5, 5.41) is 8.60. The summed E-state index contributed by atoms with van der Waals surface area (Å²) < 4.78 is 23.1. The second-order valence-corrected chi connectivity index (χ2v) is 10.7. The van der Waals surface area contributed by atoms with Gasteiger partial charge in [0.15, 0.2) is 9.84 Å². The highest BCUT2D eigenvalue weighted by Gasteiger charge is 2.30. The van der Waals surface area contributed by atoms with E-state index in [9.17, 15) is 18.0 Å². The van der Waals surface area contributed by atoms with Crippen molar-refractivity contribution in [3.05, 3.63) is 0 Å². The summed E-state index contributed by atoms with van der Waals surface area (Å²) in [4.78, 5) is 25.1. The summed E-state index contributed by atoms with van der Waals surface area (Å²) in [7, 11) is -3.05. The van der Waals surface area contributed by atoms with Crippen molar-refractivity contribution in [2.45, 2.75) is 89.8 Å². The van der Waals surface area contributed by atoms with Crippen LogP contribution in [0.2, 0.25) is 0 Å². The average molecular weight is 402 g/mol. The minimum Gasteiger partial charge on any atom is -0.352 e. The van der Waals surface area contributed by atoms with Crippen molar-refractivity contribution in [3.63, 3.8) is 0 Å². The molecule has 1 heterocycles. The van der Waals surface area contributed by atoms with Crippen molar-refractivity contribution >= 4 is 21.8 Å². The predicted molar refractivity (Wildman–Crippen MR) is 106 cm³/mol. The molecule has 1 unspecified atom stereocenters. The SMILES string of the molecule is CC(C)C[C@@H](NC(=O)NC1CCS(=O)(=O)C1)C(=O)NC1CCCCCCC1. The molecule has 8 heteroatoms. The summed E-state index contributed by atoms with van der Waals surface area (Å²) >= 11 is 0. The Bertz CT molecular complexity index is 598. The van der Waals surface area contributed by atoms with Crippen molar-refractivity contribution in [2.75, 3.05) is 11.5 Å². The molecule has 1 saturated carbocycles. The number of nitrogens with one attached hydrogen (secondary N) is 3. The third-order valence-electron chi connectivity index (χ3n) is 5.35. The van der Waals surface area contributed by atoms with Gasteiger partial charge in [0.2, 0.25) is 5.91 Å². The maximum atomic E-state index is 12.8. The lowest BCUT2D eigenvalue weighted by molar-refractivity contribution is -0.124. The van der Waals surface area contributed by atoms with Crippen LogP contribution < -0.4 is 16.0 Å². The summed E-state index contributed by atoms with van der Waals surface area (Å²) in [6.07, 6.45) is 8.93. The van der Waals surface area contributed by atoms with Crippen LogP contribution >= 0.6 is 0 Å². The first-order chi connectivity index (χ1) is 12.7. The molecule has 3 N–H and O–H groups in total. The zero-order valence-electron chi connectivity index (χ0n) is 16.6. The standard InChI is InChI=1S/C19H35N3O4S/c1-14(2)12-17(18(23)20-15-8-6-4-3-5-7-9-15)22-19(24)21-16-10-11-27(25,26)13-16/h14-17H,3-13H2,1-2H3,(H,20,23)(H2,21,22,24)/t16?,17-/m1/s1. The van der Waals surface area contributed by atoms with Gasteiger partial charge in [-0.3, -0.25) is 4.79 Å². The van der Waals surface area contributed by atoms with Gasteiger partial charge < -0.3 is 16.0 Å². The molecule has 2 rings (SSSR count). The lowest BCUT2D eigenvalue weighted by atomic mass is 9.96. The lowest BCUT2D eigenvalue weighted by Gasteiger charge is -2.26. The number of carbonyl (C=O) groups is 2. The van der Waals surface area contributed by atoms with Crippen LogP contribution in [0.1, 0.15) is 71.6 Å². The second kappa shape index (κ2) is 10.3. The van der Waals surface area contributed by atoms with Gasteiger partial charge in [-0.2, -0.15) is 0 Å². The number of hydrogen-bond donors (Lipinski definition) is 3. The first kappa shape index (κ1) is 22.0. The van der Waals surface area contributed by atoms with E-state index in [0.717, 1.165) is 25.7 Å². The van der Waals surface area contributed by atoms with E-state index in [0.29, 0.717) is 12.8 Å². The van der Waals surface area contributed by atoms with Crippen LogP contribution in [0.25, 0.3) is 0 Å². The Hall–Kier alpha value is -1.31. The third-order valence-corrected chi connectivity index (χ3v) is 7.12. The Morgan fingerprint density at radius 1 is 0.926 bits per heavy atom. The van der Waals surface area contributed by atoms with E-state index in [-0.39, 0.29) is 35.4 Å². The van der Waals surface area contributed by atoms with Gasteiger partial charge in [0, 0.05) is 12.1 Å². The Balaban J connectivity index is 1.88. The minimum atomic E-state index is -3.05. The fourth-order valence-electron chi connectivity index (χ4n) is 3.90. The number of sulfone groups is 1. The molecule has 1 saturated heterocycles. The quantitative estimate of drug-likeness (QED) is 0.634. The average Bonchev–Trinajstić information content (AvgIpc) is 2.87. The molecule has 0 radical (unpaired) electrons. The minimum absolute atomic E-state index is 0.0243. The van der Waals surface area contributed by atoms with Gasteiger partial charge in [-0.15, -0.1) is 0 Å². The van der Waals surface area contributed by atoms with E-state index in [4.69, 9.17) is 0 Å². The summed E-state index contributed by atoms with van der Waals surface area (Å²) in [6.45, 7) is 4.03. The first-order valence-corrected chi connectivity index (χ1v) is 12.1. The largest absolute Gasteiger partial charge is 0.352 e. The molecule has 1 aliphatic carbocycles. The van der Waals surface area contributed by atoms with Gasteiger partial charge >= 0.3 is 6.03 Å². The molecule has 0 spiro atoms. The lowest BCUT2D eigenvalue weighted by Crippen LogP contribution is -2.54. The number of carbonyl (C=O) groups excluding carboxylic acids is 2.